The van der Waals surface area contributed by atoms with Gasteiger partial charge in [-0.25, -0.2) is 22.6 Å². The van der Waals surface area contributed by atoms with Crippen molar-refractivity contribution in [3.8, 4) is 5.69 Å². The second-order valence-corrected chi connectivity index (χ2v) is 9.34. The zero-order valence-electron chi connectivity index (χ0n) is 15.2. The second kappa shape index (κ2) is 7.39. The number of benzene rings is 2. The number of aromatic amines is 1. The number of carboxylic acid groups (broad SMARTS) is 1. The Bertz CT molecular complexity index is 1500. The van der Waals surface area contributed by atoms with Crippen LogP contribution in [-0.4, -0.2) is 29.0 Å². The number of rotatable bonds is 5. The van der Waals surface area contributed by atoms with Crippen LogP contribution in [0.3, 0.4) is 0 Å². The van der Waals surface area contributed by atoms with Crippen molar-refractivity contribution in [3.05, 3.63) is 91.3 Å². The van der Waals surface area contributed by atoms with Crippen LogP contribution in [0.5, 0.6) is 0 Å². The molecule has 0 saturated carbocycles. The summed E-state index contributed by atoms with van der Waals surface area (Å²) in [6, 6.07) is 14.1. The van der Waals surface area contributed by atoms with E-state index in [1.165, 1.54) is 29.6 Å². The SMILES string of the molecule is O=C(O)c1scc2[nH]c(=O)n(-c3cccc(S(=O)(=O)Cc4ccccc4)c3)c(=O)c12. The molecule has 4 rings (SSSR count). The van der Waals surface area contributed by atoms with Gasteiger partial charge in [0, 0.05) is 5.38 Å². The van der Waals surface area contributed by atoms with Crippen molar-refractivity contribution < 1.29 is 18.3 Å². The van der Waals surface area contributed by atoms with Gasteiger partial charge in [0.05, 0.1) is 27.2 Å². The third-order valence-corrected chi connectivity index (χ3v) is 7.13. The van der Waals surface area contributed by atoms with Crippen molar-refractivity contribution in [1.29, 1.82) is 0 Å². The quantitative estimate of drug-likeness (QED) is 0.489. The maximum atomic E-state index is 12.9. The lowest BCUT2D eigenvalue weighted by molar-refractivity contribution is 0.0704. The maximum Gasteiger partial charge on any atom is 0.346 e. The Labute approximate surface area is 173 Å². The van der Waals surface area contributed by atoms with Crippen molar-refractivity contribution in [3.63, 3.8) is 0 Å². The Hall–Kier alpha value is -3.50. The fourth-order valence-corrected chi connectivity index (χ4v) is 5.33. The van der Waals surface area contributed by atoms with E-state index in [0.29, 0.717) is 5.56 Å². The molecule has 0 radical (unpaired) electrons. The lowest BCUT2D eigenvalue weighted by atomic mass is 10.2. The van der Waals surface area contributed by atoms with Crippen LogP contribution in [0.25, 0.3) is 16.6 Å². The van der Waals surface area contributed by atoms with Gasteiger partial charge in [-0.1, -0.05) is 36.4 Å². The number of aromatic nitrogens is 2. The van der Waals surface area contributed by atoms with Crippen LogP contribution in [0.2, 0.25) is 0 Å². The number of carboxylic acids is 1. The summed E-state index contributed by atoms with van der Waals surface area (Å²) in [5.74, 6) is -1.53. The molecule has 2 heterocycles. The predicted molar refractivity (Wildman–Crippen MR) is 112 cm³/mol. The largest absolute Gasteiger partial charge is 0.477 e. The van der Waals surface area contributed by atoms with Gasteiger partial charge in [0.25, 0.3) is 5.56 Å². The Morgan fingerprint density at radius 1 is 1.07 bits per heavy atom. The van der Waals surface area contributed by atoms with E-state index in [2.05, 4.69) is 4.98 Å². The first-order valence-corrected chi connectivity index (χ1v) is 11.2. The van der Waals surface area contributed by atoms with E-state index in [1.807, 2.05) is 0 Å². The number of sulfone groups is 1. The number of fused-ring (bicyclic) bond motifs is 1. The number of hydrogen-bond donors (Lipinski definition) is 2. The number of aromatic carboxylic acids is 1. The molecule has 2 N–H and O–H groups in total. The molecule has 0 aliphatic heterocycles. The van der Waals surface area contributed by atoms with Crippen LogP contribution in [0, 0.1) is 0 Å². The van der Waals surface area contributed by atoms with Gasteiger partial charge in [0.1, 0.15) is 4.88 Å². The number of H-pyrrole nitrogens is 1. The van der Waals surface area contributed by atoms with Crippen molar-refractivity contribution in [2.75, 3.05) is 0 Å². The molecule has 30 heavy (non-hydrogen) atoms. The highest BCUT2D eigenvalue weighted by atomic mass is 32.2. The summed E-state index contributed by atoms with van der Waals surface area (Å²) in [4.78, 5) is 39.1. The molecule has 0 bridgehead atoms. The van der Waals surface area contributed by atoms with Gasteiger partial charge in [0.2, 0.25) is 0 Å². The molecule has 10 heteroatoms. The molecule has 0 aliphatic carbocycles. The highest BCUT2D eigenvalue weighted by molar-refractivity contribution is 7.90. The van der Waals surface area contributed by atoms with E-state index in [4.69, 9.17) is 0 Å². The molecule has 0 atom stereocenters. The molecule has 0 fully saturated rings. The van der Waals surface area contributed by atoms with Gasteiger partial charge in [0.15, 0.2) is 9.84 Å². The van der Waals surface area contributed by atoms with E-state index >= 15 is 0 Å². The van der Waals surface area contributed by atoms with E-state index in [1.54, 1.807) is 30.3 Å². The first kappa shape index (κ1) is 19.8. The van der Waals surface area contributed by atoms with Crippen molar-refractivity contribution >= 4 is 38.0 Å². The number of thiophene rings is 1. The van der Waals surface area contributed by atoms with Crippen LogP contribution in [0.4, 0.5) is 0 Å². The number of nitrogens with zero attached hydrogens (tertiary/aromatic N) is 1. The number of hydrogen-bond acceptors (Lipinski definition) is 6. The Kier molecular flexibility index (Phi) is 4.88. The van der Waals surface area contributed by atoms with Crippen LogP contribution >= 0.6 is 11.3 Å². The van der Waals surface area contributed by atoms with Crippen molar-refractivity contribution in [1.82, 2.24) is 9.55 Å². The molecule has 2 aromatic heterocycles. The zero-order valence-corrected chi connectivity index (χ0v) is 16.9. The zero-order chi connectivity index (χ0) is 21.5. The molecule has 2 aromatic carbocycles. The molecule has 0 saturated heterocycles. The van der Waals surface area contributed by atoms with Gasteiger partial charge < -0.3 is 10.1 Å². The van der Waals surface area contributed by atoms with Crippen molar-refractivity contribution in [2.45, 2.75) is 10.6 Å². The first-order chi connectivity index (χ1) is 14.3. The number of nitrogens with one attached hydrogen (secondary N) is 1. The highest BCUT2D eigenvalue weighted by Crippen LogP contribution is 2.22. The van der Waals surface area contributed by atoms with E-state index in [-0.39, 0.29) is 32.1 Å². The third kappa shape index (κ3) is 3.46. The van der Waals surface area contributed by atoms with E-state index in [9.17, 15) is 27.9 Å². The molecular weight excluding hydrogens is 428 g/mol. The summed E-state index contributed by atoms with van der Waals surface area (Å²) < 4.78 is 26.4. The summed E-state index contributed by atoms with van der Waals surface area (Å²) in [6.45, 7) is 0. The topological polar surface area (TPSA) is 126 Å². The van der Waals surface area contributed by atoms with E-state index in [0.717, 1.165) is 15.9 Å². The summed E-state index contributed by atoms with van der Waals surface area (Å²) in [7, 11) is -3.74. The standard InChI is InChI=1S/C20H14N2O6S2/c23-18-16-15(10-29-17(16)19(24)25)21-20(26)22(18)13-7-4-8-14(9-13)30(27,28)11-12-5-2-1-3-6-12/h1-10H,11H2,(H,21,26)(H,24,25). The molecule has 0 aliphatic rings. The normalized spacial score (nSPS) is 11.6. The molecule has 0 unspecified atom stereocenters. The summed E-state index contributed by atoms with van der Waals surface area (Å²) in [5, 5.41) is 10.6. The molecule has 0 amide bonds. The predicted octanol–water partition coefficient (Wildman–Crippen LogP) is 2.41. The monoisotopic (exact) mass is 442 g/mol. The third-order valence-electron chi connectivity index (χ3n) is 4.48. The van der Waals surface area contributed by atoms with Crippen LogP contribution in [-0.2, 0) is 15.6 Å². The second-order valence-electron chi connectivity index (χ2n) is 6.47. The first-order valence-electron chi connectivity index (χ1n) is 8.65. The van der Waals surface area contributed by atoms with Gasteiger partial charge in [-0.3, -0.25) is 4.79 Å². The molecule has 8 nitrogen and oxygen atoms in total. The molecule has 152 valence electrons. The van der Waals surface area contributed by atoms with Crippen molar-refractivity contribution in [2.24, 2.45) is 0 Å². The van der Waals surface area contributed by atoms with Gasteiger partial charge in [-0.2, -0.15) is 0 Å². The lowest BCUT2D eigenvalue weighted by Gasteiger charge is -2.09. The summed E-state index contributed by atoms with van der Waals surface area (Å²) in [5.41, 5.74) is -0.870. The molecule has 4 aromatic rings. The maximum absolute atomic E-state index is 12.9. The average Bonchev–Trinajstić information content (AvgIpc) is 3.13. The Balaban J connectivity index is 1.86. The van der Waals surface area contributed by atoms with Crippen LogP contribution in [0.15, 0.2) is 74.5 Å². The molecule has 0 spiro atoms. The van der Waals surface area contributed by atoms with Crippen LogP contribution in [0.1, 0.15) is 15.2 Å². The Morgan fingerprint density at radius 3 is 2.50 bits per heavy atom. The Morgan fingerprint density at radius 2 is 1.80 bits per heavy atom. The minimum Gasteiger partial charge on any atom is -0.477 e. The number of carbonyl (C=O) groups is 1. The summed E-state index contributed by atoms with van der Waals surface area (Å²) >= 11 is 0.827. The molecular formula is C20H14N2O6S2. The van der Waals surface area contributed by atoms with Gasteiger partial charge in [-0.15, -0.1) is 11.3 Å². The minimum absolute atomic E-state index is 0.0276. The van der Waals surface area contributed by atoms with Gasteiger partial charge in [-0.05, 0) is 23.8 Å². The summed E-state index contributed by atoms with van der Waals surface area (Å²) in [6.07, 6.45) is 0. The fraction of sp³-hybridized carbons (Fsp3) is 0.0500. The lowest BCUT2D eigenvalue weighted by Crippen LogP contribution is -2.33. The highest BCUT2D eigenvalue weighted by Gasteiger charge is 2.21. The minimum atomic E-state index is -3.74. The smallest absolute Gasteiger partial charge is 0.346 e. The average molecular weight is 442 g/mol. The fourth-order valence-electron chi connectivity index (χ4n) is 3.12. The van der Waals surface area contributed by atoms with Crippen LogP contribution < -0.4 is 11.2 Å². The van der Waals surface area contributed by atoms with E-state index < -0.39 is 27.1 Å². The van der Waals surface area contributed by atoms with Gasteiger partial charge >= 0.3 is 11.7 Å².